The van der Waals surface area contributed by atoms with Crippen molar-refractivity contribution in [1.82, 2.24) is 4.72 Å². The van der Waals surface area contributed by atoms with E-state index in [1.807, 2.05) is 6.92 Å². The fraction of sp³-hybridized carbons (Fsp3) is 0.417. The van der Waals surface area contributed by atoms with Crippen molar-refractivity contribution in [2.45, 2.75) is 24.7 Å². The first-order valence-corrected chi connectivity index (χ1v) is 8.58. The average Bonchev–Trinajstić information content (AvgIpc) is 2.37. The molecule has 0 radical (unpaired) electrons. The smallest absolute Gasteiger partial charge is 0.303 e. The van der Waals surface area contributed by atoms with Crippen molar-refractivity contribution < 1.29 is 18.3 Å². The Hall–Kier alpha value is -0.630. The summed E-state index contributed by atoms with van der Waals surface area (Å²) in [5.41, 5.74) is 0. The SMILES string of the molecule is CCC(CNS(=O)(=O)c1ccc(Cl)c(Br)c1)CC(=O)O. The lowest BCUT2D eigenvalue weighted by molar-refractivity contribution is -0.138. The maximum Gasteiger partial charge on any atom is 0.303 e. The molecule has 0 bridgehead atoms. The van der Waals surface area contributed by atoms with Crippen LogP contribution in [0, 0.1) is 5.92 Å². The first kappa shape index (κ1) is 17.4. The van der Waals surface area contributed by atoms with Crippen LogP contribution < -0.4 is 4.72 Å². The molecule has 1 aromatic rings. The second-order valence-electron chi connectivity index (χ2n) is 4.30. The number of aliphatic carboxylic acids is 1. The summed E-state index contributed by atoms with van der Waals surface area (Å²) in [7, 11) is -3.67. The fourth-order valence-corrected chi connectivity index (χ4v) is 3.35. The Balaban J connectivity index is 2.79. The molecule has 1 aromatic carbocycles. The molecule has 0 spiro atoms. The van der Waals surface area contributed by atoms with Crippen LogP contribution >= 0.6 is 27.5 Å². The highest BCUT2D eigenvalue weighted by Crippen LogP contribution is 2.25. The van der Waals surface area contributed by atoms with Gasteiger partial charge >= 0.3 is 5.97 Å². The number of carbonyl (C=O) groups is 1. The molecule has 20 heavy (non-hydrogen) atoms. The average molecular weight is 385 g/mol. The van der Waals surface area contributed by atoms with E-state index < -0.39 is 16.0 Å². The summed E-state index contributed by atoms with van der Waals surface area (Å²) in [6, 6.07) is 4.28. The fourth-order valence-electron chi connectivity index (χ4n) is 1.56. The molecule has 0 aliphatic carbocycles. The molecule has 0 saturated carbocycles. The molecule has 8 heteroatoms. The van der Waals surface area contributed by atoms with Gasteiger partial charge in [0.25, 0.3) is 0 Å². The summed E-state index contributed by atoms with van der Waals surface area (Å²) in [6.45, 7) is 1.91. The predicted octanol–water partition coefficient (Wildman–Crippen LogP) is 2.88. The molecular formula is C12H15BrClNO4S. The lowest BCUT2D eigenvalue weighted by Crippen LogP contribution is -2.30. The third-order valence-corrected chi connectivity index (χ3v) is 5.44. The summed E-state index contributed by atoms with van der Waals surface area (Å²) >= 11 is 8.97. The van der Waals surface area contributed by atoms with Gasteiger partial charge in [0.05, 0.1) is 9.92 Å². The van der Waals surface area contributed by atoms with E-state index in [9.17, 15) is 13.2 Å². The third kappa shape index (κ3) is 5.05. The van der Waals surface area contributed by atoms with Crippen LogP contribution in [0.1, 0.15) is 19.8 Å². The van der Waals surface area contributed by atoms with Crippen LogP contribution in [0.25, 0.3) is 0 Å². The standard InChI is InChI=1S/C12H15BrClNO4S/c1-2-8(5-12(16)17)7-15-20(18,19)9-3-4-11(14)10(13)6-9/h3-4,6,8,15H,2,5,7H2,1H3,(H,16,17). The topological polar surface area (TPSA) is 83.5 Å². The third-order valence-electron chi connectivity index (χ3n) is 2.80. The van der Waals surface area contributed by atoms with Crippen molar-refractivity contribution in [2.75, 3.05) is 6.54 Å². The van der Waals surface area contributed by atoms with Crippen LogP contribution in [0.3, 0.4) is 0 Å². The van der Waals surface area contributed by atoms with Crippen LogP contribution in [-0.4, -0.2) is 26.0 Å². The van der Waals surface area contributed by atoms with Crippen LogP contribution in [0.2, 0.25) is 5.02 Å². The summed E-state index contributed by atoms with van der Waals surface area (Å²) in [5.74, 6) is -1.18. The molecule has 2 N–H and O–H groups in total. The van der Waals surface area contributed by atoms with Crippen LogP contribution in [0.4, 0.5) is 0 Å². The van der Waals surface area contributed by atoms with Gasteiger partial charge in [-0.3, -0.25) is 4.79 Å². The second kappa shape index (κ2) is 7.40. The molecule has 1 atom stereocenters. The zero-order valence-electron chi connectivity index (χ0n) is 10.8. The summed E-state index contributed by atoms with van der Waals surface area (Å²) in [5, 5.41) is 9.15. The Morgan fingerprint density at radius 2 is 2.15 bits per heavy atom. The number of benzene rings is 1. The largest absolute Gasteiger partial charge is 0.481 e. The molecule has 112 valence electrons. The van der Waals surface area contributed by atoms with Crippen molar-refractivity contribution in [1.29, 1.82) is 0 Å². The minimum atomic E-state index is -3.67. The summed E-state index contributed by atoms with van der Waals surface area (Å²) in [4.78, 5) is 10.7. The normalized spacial score (nSPS) is 13.2. The van der Waals surface area contributed by atoms with Gasteiger partial charge in [-0.25, -0.2) is 13.1 Å². The molecule has 0 heterocycles. The van der Waals surface area contributed by atoms with E-state index in [0.29, 0.717) is 15.9 Å². The maximum absolute atomic E-state index is 12.1. The molecular weight excluding hydrogens is 370 g/mol. The summed E-state index contributed by atoms with van der Waals surface area (Å²) < 4.78 is 27.1. The Morgan fingerprint density at radius 3 is 2.65 bits per heavy atom. The molecule has 1 rings (SSSR count). The lowest BCUT2D eigenvalue weighted by atomic mass is 10.0. The van der Waals surface area contributed by atoms with Gasteiger partial charge in [0.2, 0.25) is 10.0 Å². The highest BCUT2D eigenvalue weighted by atomic mass is 79.9. The van der Waals surface area contributed by atoms with Crippen molar-refractivity contribution in [2.24, 2.45) is 5.92 Å². The van der Waals surface area contributed by atoms with Crippen LogP contribution in [0.5, 0.6) is 0 Å². The van der Waals surface area contributed by atoms with Gasteiger partial charge in [-0.2, -0.15) is 0 Å². The molecule has 5 nitrogen and oxygen atoms in total. The van der Waals surface area contributed by atoms with E-state index in [1.54, 1.807) is 0 Å². The monoisotopic (exact) mass is 383 g/mol. The molecule has 0 saturated heterocycles. The Bertz CT molecular complexity index is 591. The van der Waals surface area contributed by atoms with Crippen LogP contribution in [0.15, 0.2) is 27.6 Å². The number of rotatable bonds is 7. The van der Waals surface area contributed by atoms with Crippen LogP contribution in [-0.2, 0) is 14.8 Å². The van der Waals surface area contributed by atoms with Gasteiger partial charge in [-0.15, -0.1) is 0 Å². The quantitative estimate of drug-likeness (QED) is 0.757. The second-order valence-corrected chi connectivity index (χ2v) is 7.33. The predicted molar refractivity (Wildman–Crippen MR) is 80.4 cm³/mol. The van der Waals surface area contributed by atoms with E-state index >= 15 is 0 Å². The number of hydrogen-bond acceptors (Lipinski definition) is 3. The van der Waals surface area contributed by atoms with E-state index in [1.165, 1.54) is 18.2 Å². The maximum atomic E-state index is 12.1. The zero-order valence-corrected chi connectivity index (χ0v) is 13.9. The Kier molecular flexibility index (Phi) is 6.44. The first-order chi connectivity index (χ1) is 9.26. The Morgan fingerprint density at radius 1 is 1.50 bits per heavy atom. The first-order valence-electron chi connectivity index (χ1n) is 5.92. The van der Waals surface area contributed by atoms with Gasteiger partial charge in [-0.1, -0.05) is 24.9 Å². The highest BCUT2D eigenvalue weighted by Gasteiger charge is 2.18. The number of hydrogen-bond donors (Lipinski definition) is 2. The number of carboxylic acids is 1. The molecule has 0 aliphatic rings. The van der Waals surface area contributed by atoms with Gasteiger partial charge in [-0.05, 0) is 40.0 Å². The van der Waals surface area contributed by atoms with Crippen molar-refractivity contribution >= 4 is 43.5 Å². The van der Waals surface area contributed by atoms with Crippen molar-refractivity contribution in [3.05, 3.63) is 27.7 Å². The number of carboxylic acid groups (broad SMARTS) is 1. The highest BCUT2D eigenvalue weighted by molar-refractivity contribution is 9.10. The number of sulfonamides is 1. The van der Waals surface area contributed by atoms with Gasteiger partial charge in [0.15, 0.2) is 0 Å². The van der Waals surface area contributed by atoms with Gasteiger partial charge in [0, 0.05) is 17.4 Å². The number of nitrogens with one attached hydrogen (secondary N) is 1. The van der Waals surface area contributed by atoms with Crippen molar-refractivity contribution in [3.63, 3.8) is 0 Å². The summed E-state index contributed by atoms with van der Waals surface area (Å²) in [6.07, 6.45) is 0.516. The van der Waals surface area contributed by atoms with E-state index in [2.05, 4.69) is 20.7 Å². The van der Waals surface area contributed by atoms with E-state index in [0.717, 1.165) is 0 Å². The lowest BCUT2D eigenvalue weighted by Gasteiger charge is -2.14. The zero-order chi connectivity index (χ0) is 15.3. The van der Waals surface area contributed by atoms with Gasteiger partial charge in [0.1, 0.15) is 0 Å². The molecule has 0 fully saturated rings. The Labute approximate surface area is 131 Å². The van der Waals surface area contributed by atoms with Crippen molar-refractivity contribution in [3.8, 4) is 0 Å². The molecule has 0 aromatic heterocycles. The van der Waals surface area contributed by atoms with E-state index in [4.69, 9.17) is 16.7 Å². The number of halogens is 2. The minimum Gasteiger partial charge on any atom is -0.481 e. The van der Waals surface area contributed by atoms with E-state index in [-0.39, 0.29) is 23.8 Å². The minimum absolute atomic E-state index is 0.0661. The molecule has 1 unspecified atom stereocenters. The molecule has 0 aliphatic heterocycles. The van der Waals surface area contributed by atoms with Gasteiger partial charge < -0.3 is 5.11 Å². The molecule has 0 amide bonds.